The molecule has 0 radical (unpaired) electrons. The minimum absolute atomic E-state index is 0.0438. The second-order valence-corrected chi connectivity index (χ2v) is 5.82. The second-order valence-electron chi connectivity index (χ2n) is 5.82. The Bertz CT molecular complexity index is 1130. The first-order chi connectivity index (χ1) is 13.9. The van der Waals surface area contributed by atoms with Gasteiger partial charge in [0.05, 0.1) is 35.6 Å². The smallest absolute Gasteiger partial charge is 0.387 e. The molecule has 3 rings (SSSR count). The Hall–Kier alpha value is -3.82. The molecule has 3 aromatic rings. The van der Waals surface area contributed by atoms with E-state index < -0.39 is 30.6 Å². The van der Waals surface area contributed by atoms with Crippen LogP contribution in [0.3, 0.4) is 0 Å². The third-order valence-electron chi connectivity index (χ3n) is 3.94. The van der Waals surface area contributed by atoms with Crippen molar-refractivity contribution < 1.29 is 27.8 Å². The number of carbonyl (C=O) groups excluding carboxylic acids is 2. The Morgan fingerprint density at radius 3 is 2.69 bits per heavy atom. The van der Waals surface area contributed by atoms with Gasteiger partial charge in [0.25, 0.3) is 5.56 Å². The molecular weight excluding hydrogens is 388 g/mol. The number of nitrogens with one attached hydrogen (secondary N) is 1. The van der Waals surface area contributed by atoms with Gasteiger partial charge in [0, 0.05) is 0 Å². The van der Waals surface area contributed by atoms with E-state index in [9.17, 15) is 23.2 Å². The summed E-state index contributed by atoms with van der Waals surface area (Å²) in [7, 11) is 1.24. The number of nitrogens with zero attached hydrogens (tertiary/aromatic N) is 2. The summed E-state index contributed by atoms with van der Waals surface area (Å²) < 4.78 is 35.0. The number of halogens is 2. The number of carbonyl (C=O) groups is 2. The van der Waals surface area contributed by atoms with Crippen molar-refractivity contribution in [2.24, 2.45) is 0 Å². The molecule has 0 aliphatic carbocycles. The van der Waals surface area contributed by atoms with Crippen molar-refractivity contribution in [3.8, 4) is 5.75 Å². The van der Waals surface area contributed by atoms with Crippen LogP contribution >= 0.6 is 0 Å². The van der Waals surface area contributed by atoms with Gasteiger partial charge in [0.15, 0.2) is 0 Å². The highest BCUT2D eigenvalue weighted by molar-refractivity contribution is 5.94. The Morgan fingerprint density at radius 1 is 1.21 bits per heavy atom. The first kappa shape index (κ1) is 19.9. The molecule has 0 bridgehead atoms. The van der Waals surface area contributed by atoms with Crippen LogP contribution in [-0.2, 0) is 16.1 Å². The van der Waals surface area contributed by atoms with Gasteiger partial charge in [-0.3, -0.25) is 14.2 Å². The minimum Gasteiger partial charge on any atom is -0.465 e. The van der Waals surface area contributed by atoms with E-state index in [1.165, 1.54) is 49.6 Å². The maximum absolute atomic E-state index is 12.6. The fourth-order valence-electron chi connectivity index (χ4n) is 2.63. The molecule has 8 nitrogen and oxygen atoms in total. The first-order valence-corrected chi connectivity index (χ1v) is 8.30. The van der Waals surface area contributed by atoms with E-state index in [0.717, 1.165) is 10.9 Å². The van der Waals surface area contributed by atoms with Crippen LogP contribution in [0.25, 0.3) is 10.9 Å². The highest BCUT2D eigenvalue weighted by atomic mass is 19.3. The molecule has 1 heterocycles. The number of alkyl halides is 2. The van der Waals surface area contributed by atoms with E-state index in [0.29, 0.717) is 0 Å². The number of benzene rings is 2. The molecule has 29 heavy (non-hydrogen) atoms. The summed E-state index contributed by atoms with van der Waals surface area (Å²) in [4.78, 5) is 40.5. The van der Waals surface area contributed by atoms with Crippen molar-refractivity contribution >= 4 is 28.5 Å². The van der Waals surface area contributed by atoms with Gasteiger partial charge in [0.2, 0.25) is 5.91 Å². The Balaban J connectivity index is 1.82. The number of amides is 1. The Kier molecular flexibility index (Phi) is 5.82. The summed E-state index contributed by atoms with van der Waals surface area (Å²) in [6, 6.07) is 9.93. The number of anilines is 1. The van der Waals surface area contributed by atoms with E-state index in [1.807, 2.05) is 0 Å². The molecule has 1 aromatic heterocycles. The number of rotatable bonds is 6. The Labute approximate surface area is 162 Å². The molecule has 0 unspecified atom stereocenters. The van der Waals surface area contributed by atoms with Crippen LogP contribution in [0.5, 0.6) is 5.75 Å². The van der Waals surface area contributed by atoms with Crippen molar-refractivity contribution in [2.45, 2.75) is 13.2 Å². The average Bonchev–Trinajstić information content (AvgIpc) is 2.70. The minimum atomic E-state index is -3.05. The zero-order valence-electron chi connectivity index (χ0n) is 15.1. The zero-order valence-corrected chi connectivity index (χ0v) is 15.1. The van der Waals surface area contributed by atoms with Gasteiger partial charge >= 0.3 is 12.6 Å². The third kappa shape index (κ3) is 4.54. The molecule has 0 aliphatic heterocycles. The lowest BCUT2D eigenvalue weighted by Crippen LogP contribution is -2.28. The molecule has 0 fully saturated rings. The molecule has 0 atom stereocenters. The van der Waals surface area contributed by atoms with Gasteiger partial charge in [-0.2, -0.15) is 8.78 Å². The van der Waals surface area contributed by atoms with Crippen LogP contribution in [0.1, 0.15) is 10.4 Å². The number of hydrogen-bond donors (Lipinski definition) is 1. The van der Waals surface area contributed by atoms with Crippen molar-refractivity contribution in [3.05, 3.63) is 64.7 Å². The predicted molar refractivity (Wildman–Crippen MR) is 99.0 cm³/mol. The number of aromatic nitrogens is 2. The molecule has 150 valence electrons. The summed E-state index contributed by atoms with van der Waals surface area (Å²) in [5, 5.41) is 2.63. The predicted octanol–water partition coefficient (Wildman–Crippen LogP) is 2.42. The molecular formula is C19H15F2N3O5. The Morgan fingerprint density at radius 2 is 1.97 bits per heavy atom. The second kappa shape index (κ2) is 8.46. The van der Waals surface area contributed by atoms with E-state index >= 15 is 0 Å². The lowest BCUT2D eigenvalue weighted by Gasteiger charge is -2.12. The largest absolute Gasteiger partial charge is 0.465 e. The number of ether oxygens (including phenoxy) is 2. The maximum Gasteiger partial charge on any atom is 0.387 e. The average molecular weight is 403 g/mol. The summed E-state index contributed by atoms with van der Waals surface area (Å²) >= 11 is 0. The molecule has 0 saturated carbocycles. The van der Waals surface area contributed by atoms with Crippen molar-refractivity contribution in [3.63, 3.8) is 0 Å². The first-order valence-electron chi connectivity index (χ1n) is 8.30. The van der Waals surface area contributed by atoms with Gasteiger partial charge in [-0.1, -0.05) is 12.1 Å². The van der Waals surface area contributed by atoms with Gasteiger partial charge in [-0.15, -0.1) is 0 Å². The van der Waals surface area contributed by atoms with Gasteiger partial charge < -0.3 is 14.8 Å². The van der Waals surface area contributed by atoms with Gasteiger partial charge in [-0.05, 0) is 30.3 Å². The van der Waals surface area contributed by atoms with Crippen LogP contribution in [0, 0.1) is 0 Å². The number of fused-ring (bicyclic) bond motifs is 1. The lowest BCUT2D eigenvalue weighted by atomic mass is 10.1. The van der Waals surface area contributed by atoms with Crippen LogP contribution in [0.2, 0.25) is 0 Å². The van der Waals surface area contributed by atoms with Crippen LogP contribution in [0.15, 0.2) is 53.6 Å². The highest BCUT2D eigenvalue weighted by Gasteiger charge is 2.14. The van der Waals surface area contributed by atoms with Crippen molar-refractivity contribution in [1.82, 2.24) is 9.55 Å². The fraction of sp³-hybridized carbons (Fsp3) is 0.158. The van der Waals surface area contributed by atoms with Gasteiger partial charge in [-0.25, -0.2) is 9.78 Å². The quantitative estimate of drug-likeness (QED) is 0.635. The number of para-hydroxylation sites is 2. The molecule has 2 aromatic carbocycles. The molecule has 0 spiro atoms. The highest BCUT2D eigenvalue weighted by Crippen LogP contribution is 2.25. The molecule has 1 N–H and O–H groups in total. The third-order valence-corrected chi connectivity index (χ3v) is 3.94. The number of methoxy groups -OCH3 is 1. The number of esters is 1. The topological polar surface area (TPSA) is 99.5 Å². The van der Waals surface area contributed by atoms with E-state index in [-0.39, 0.29) is 27.9 Å². The van der Waals surface area contributed by atoms with Crippen molar-refractivity contribution in [1.29, 1.82) is 0 Å². The van der Waals surface area contributed by atoms with Crippen LogP contribution in [-0.4, -0.2) is 35.1 Å². The summed E-state index contributed by atoms with van der Waals surface area (Å²) in [5.74, 6) is -1.40. The van der Waals surface area contributed by atoms with Crippen LogP contribution in [0.4, 0.5) is 14.5 Å². The summed E-state index contributed by atoms with van der Waals surface area (Å²) in [6.45, 7) is -3.45. The van der Waals surface area contributed by atoms with Crippen molar-refractivity contribution in [2.75, 3.05) is 12.4 Å². The lowest BCUT2D eigenvalue weighted by molar-refractivity contribution is -0.116. The summed E-state index contributed by atoms with van der Waals surface area (Å²) in [5.41, 5.74) is 0.0456. The molecule has 0 aliphatic rings. The molecule has 0 saturated heterocycles. The maximum atomic E-state index is 12.6. The SMILES string of the molecule is COC(=O)c1ccc2c(=O)n(CC(=O)Nc3ccccc3OC(F)F)cnc2c1. The molecule has 10 heteroatoms. The standard InChI is InChI=1S/C19H15F2N3O5/c1-28-18(27)11-6-7-12-14(8-11)22-10-24(17(12)26)9-16(25)23-13-4-2-3-5-15(13)29-19(20)21/h2-8,10,19H,9H2,1H3,(H,23,25). The number of hydrogen-bond acceptors (Lipinski definition) is 6. The normalized spacial score (nSPS) is 10.8. The van der Waals surface area contributed by atoms with E-state index in [2.05, 4.69) is 19.8 Å². The molecule has 1 amide bonds. The van der Waals surface area contributed by atoms with Gasteiger partial charge in [0.1, 0.15) is 12.3 Å². The fourth-order valence-corrected chi connectivity index (χ4v) is 2.63. The summed E-state index contributed by atoms with van der Waals surface area (Å²) in [6.07, 6.45) is 1.16. The van der Waals surface area contributed by atoms with E-state index in [4.69, 9.17) is 0 Å². The van der Waals surface area contributed by atoms with Crippen LogP contribution < -0.4 is 15.6 Å². The van der Waals surface area contributed by atoms with E-state index in [1.54, 1.807) is 0 Å². The monoisotopic (exact) mass is 403 g/mol. The zero-order chi connectivity index (χ0) is 21.0.